The number of morpholine rings is 1. The topological polar surface area (TPSA) is 103 Å². The Hall–Kier alpha value is -3.75. The number of carbonyl (C=O) groups excluding carboxylic acids is 1. The average molecular weight is 538 g/mol. The van der Waals surface area contributed by atoms with Crippen LogP contribution in [-0.2, 0) is 4.74 Å². The molecule has 7 rings (SSSR count). The number of aromatic nitrogens is 3. The standard InChI is InChI=1S/C32H35N5O3/c38-26-16-24-18-40-19-25(17-26)37(24)23-11-8-21(9-12-23)30-27-15-22(10-13-28(27)35-36-30)32(39)34-31(20-5-1-2-6-20)29-7-3-4-14-33-29/h3-4,7-15,20,24-26,31,38H,1-2,5-6,16-19H2,(H,34,39)(H,35,36)/t24-,25+,26+,31-/m1/s1. The van der Waals surface area contributed by atoms with Crippen LogP contribution in [0.2, 0.25) is 0 Å². The van der Waals surface area contributed by atoms with Gasteiger partial charge in [-0.25, -0.2) is 0 Å². The van der Waals surface area contributed by atoms with Crippen molar-refractivity contribution in [2.45, 2.75) is 62.8 Å². The van der Waals surface area contributed by atoms with Crippen LogP contribution in [0.1, 0.15) is 60.6 Å². The number of amides is 1. The normalized spacial score (nSPS) is 23.8. The third-order valence-electron chi connectivity index (χ3n) is 8.92. The SMILES string of the molecule is O=C(N[C@@H](c1ccccn1)C1CCCC1)c1ccc2[nH]nc(-c3ccc(N4[C@@H]5COC[C@H]4C[C@H](O)C5)cc3)c2c1. The highest BCUT2D eigenvalue weighted by Gasteiger charge is 2.38. The zero-order valence-corrected chi connectivity index (χ0v) is 22.5. The highest BCUT2D eigenvalue weighted by molar-refractivity contribution is 6.01. The van der Waals surface area contributed by atoms with Crippen LogP contribution in [0.5, 0.6) is 0 Å². The lowest BCUT2D eigenvalue weighted by atomic mass is 9.91. The fourth-order valence-electron chi connectivity index (χ4n) is 6.98. The summed E-state index contributed by atoms with van der Waals surface area (Å²) in [6.07, 6.45) is 7.61. The maximum Gasteiger partial charge on any atom is 0.251 e. The Kier molecular flexibility index (Phi) is 6.73. The van der Waals surface area contributed by atoms with Gasteiger partial charge in [-0.05, 0) is 74.1 Å². The van der Waals surface area contributed by atoms with Crippen LogP contribution >= 0.6 is 0 Å². The van der Waals surface area contributed by atoms with E-state index in [1.165, 1.54) is 12.8 Å². The number of H-pyrrole nitrogens is 1. The molecule has 2 bridgehead atoms. The third-order valence-corrected chi connectivity index (χ3v) is 8.92. The third kappa shape index (κ3) is 4.75. The molecule has 4 aromatic rings. The van der Waals surface area contributed by atoms with Crippen molar-refractivity contribution in [2.24, 2.45) is 5.92 Å². The Labute approximate surface area is 233 Å². The Balaban J connectivity index is 1.14. The van der Waals surface area contributed by atoms with E-state index < -0.39 is 0 Å². The molecular formula is C32H35N5O3. The second-order valence-corrected chi connectivity index (χ2v) is 11.5. The highest BCUT2D eigenvalue weighted by atomic mass is 16.5. The zero-order valence-electron chi connectivity index (χ0n) is 22.5. The molecule has 1 aliphatic carbocycles. The highest BCUT2D eigenvalue weighted by Crippen LogP contribution is 2.37. The predicted octanol–water partition coefficient (Wildman–Crippen LogP) is 5.01. The van der Waals surface area contributed by atoms with Crippen LogP contribution in [0.4, 0.5) is 5.69 Å². The number of aliphatic hydroxyl groups is 1. The summed E-state index contributed by atoms with van der Waals surface area (Å²) in [6.45, 7) is 1.29. The molecule has 2 saturated heterocycles. The second kappa shape index (κ2) is 10.7. The fraction of sp³-hybridized carbons (Fsp3) is 0.406. The van der Waals surface area contributed by atoms with Gasteiger partial charge in [0.1, 0.15) is 0 Å². The van der Waals surface area contributed by atoms with Crippen molar-refractivity contribution in [2.75, 3.05) is 18.1 Å². The van der Waals surface area contributed by atoms with Gasteiger partial charge in [0.15, 0.2) is 0 Å². The smallest absolute Gasteiger partial charge is 0.251 e. The summed E-state index contributed by atoms with van der Waals surface area (Å²) in [5, 5.41) is 22.2. The summed E-state index contributed by atoms with van der Waals surface area (Å²) in [5.41, 5.74) is 5.39. The van der Waals surface area contributed by atoms with E-state index >= 15 is 0 Å². The van der Waals surface area contributed by atoms with Crippen molar-refractivity contribution >= 4 is 22.5 Å². The molecule has 4 atom stereocenters. The number of ether oxygens (including phenoxy) is 1. The molecule has 2 aromatic heterocycles. The molecule has 3 fully saturated rings. The van der Waals surface area contributed by atoms with Gasteiger partial charge in [-0.3, -0.25) is 14.9 Å². The minimum absolute atomic E-state index is 0.0898. The predicted molar refractivity (Wildman–Crippen MR) is 154 cm³/mol. The van der Waals surface area contributed by atoms with Gasteiger partial charge >= 0.3 is 0 Å². The molecule has 3 N–H and O–H groups in total. The number of benzene rings is 2. The van der Waals surface area contributed by atoms with Crippen molar-refractivity contribution < 1.29 is 14.6 Å². The molecule has 4 heterocycles. The molecule has 40 heavy (non-hydrogen) atoms. The van der Waals surface area contributed by atoms with Crippen LogP contribution in [0.3, 0.4) is 0 Å². The Morgan fingerprint density at radius 3 is 2.52 bits per heavy atom. The molecular weight excluding hydrogens is 502 g/mol. The monoisotopic (exact) mass is 537 g/mol. The molecule has 206 valence electrons. The number of piperidine rings is 1. The Morgan fingerprint density at radius 2 is 1.80 bits per heavy atom. The van der Waals surface area contributed by atoms with Crippen LogP contribution in [0.15, 0.2) is 66.9 Å². The number of rotatable bonds is 6. The summed E-state index contributed by atoms with van der Waals surface area (Å²) in [4.78, 5) is 20.5. The Morgan fingerprint density at radius 1 is 1.02 bits per heavy atom. The van der Waals surface area contributed by atoms with E-state index in [0.29, 0.717) is 24.7 Å². The maximum atomic E-state index is 13.5. The lowest BCUT2D eigenvalue weighted by molar-refractivity contribution is 0.00124. The van der Waals surface area contributed by atoms with E-state index in [9.17, 15) is 9.90 Å². The number of pyridine rings is 1. The first-order valence-electron chi connectivity index (χ1n) is 14.5. The number of hydrogen-bond donors (Lipinski definition) is 3. The number of nitrogens with one attached hydrogen (secondary N) is 2. The quantitative estimate of drug-likeness (QED) is 0.319. The van der Waals surface area contributed by atoms with Crippen LogP contribution in [-0.4, -0.2) is 57.6 Å². The molecule has 0 radical (unpaired) electrons. The van der Waals surface area contributed by atoms with Gasteiger partial charge < -0.3 is 20.1 Å². The van der Waals surface area contributed by atoms with Crippen molar-refractivity contribution in [3.05, 3.63) is 78.1 Å². The Bertz CT molecular complexity index is 1470. The molecule has 0 spiro atoms. The first kappa shape index (κ1) is 25.2. The lowest BCUT2D eigenvalue weighted by Crippen LogP contribution is -2.58. The van der Waals surface area contributed by atoms with Gasteiger partial charge in [-0.2, -0.15) is 5.10 Å². The van der Waals surface area contributed by atoms with E-state index in [4.69, 9.17) is 4.74 Å². The van der Waals surface area contributed by atoms with Gasteiger partial charge in [-0.1, -0.05) is 31.0 Å². The molecule has 3 aliphatic rings. The maximum absolute atomic E-state index is 13.5. The van der Waals surface area contributed by atoms with Crippen molar-refractivity contribution in [3.8, 4) is 11.3 Å². The minimum Gasteiger partial charge on any atom is -0.393 e. The van der Waals surface area contributed by atoms with Gasteiger partial charge in [0.25, 0.3) is 5.91 Å². The summed E-state index contributed by atoms with van der Waals surface area (Å²) in [7, 11) is 0. The number of carbonyl (C=O) groups is 1. The number of aliphatic hydroxyl groups excluding tert-OH is 1. The van der Waals surface area contributed by atoms with E-state index in [1.54, 1.807) is 6.20 Å². The molecule has 1 amide bonds. The van der Waals surface area contributed by atoms with Gasteiger partial charge in [0, 0.05) is 28.4 Å². The van der Waals surface area contributed by atoms with E-state index in [0.717, 1.165) is 59.2 Å². The molecule has 8 nitrogen and oxygen atoms in total. The number of aromatic amines is 1. The summed E-state index contributed by atoms with van der Waals surface area (Å²) < 4.78 is 5.77. The van der Waals surface area contributed by atoms with E-state index in [1.807, 2.05) is 36.4 Å². The van der Waals surface area contributed by atoms with Crippen molar-refractivity contribution in [1.29, 1.82) is 0 Å². The number of anilines is 1. The van der Waals surface area contributed by atoms with E-state index in [-0.39, 0.29) is 30.1 Å². The summed E-state index contributed by atoms with van der Waals surface area (Å²) >= 11 is 0. The number of hydrogen-bond acceptors (Lipinski definition) is 6. The van der Waals surface area contributed by atoms with Crippen molar-refractivity contribution in [3.63, 3.8) is 0 Å². The van der Waals surface area contributed by atoms with Crippen LogP contribution < -0.4 is 10.2 Å². The summed E-state index contributed by atoms with van der Waals surface area (Å²) in [6, 6.07) is 20.4. The second-order valence-electron chi connectivity index (χ2n) is 11.5. The molecule has 2 aromatic carbocycles. The average Bonchev–Trinajstić information content (AvgIpc) is 3.66. The summed E-state index contributed by atoms with van der Waals surface area (Å²) in [5.74, 6) is 0.313. The molecule has 2 aliphatic heterocycles. The first-order chi connectivity index (χ1) is 19.6. The van der Waals surface area contributed by atoms with Gasteiger partial charge in [0.05, 0.1) is 54.3 Å². The van der Waals surface area contributed by atoms with Crippen LogP contribution in [0, 0.1) is 5.92 Å². The minimum atomic E-state index is -0.256. The molecule has 1 saturated carbocycles. The van der Waals surface area contributed by atoms with E-state index in [2.05, 4.69) is 49.7 Å². The van der Waals surface area contributed by atoms with Gasteiger partial charge in [-0.15, -0.1) is 0 Å². The number of nitrogens with zero attached hydrogens (tertiary/aromatic N) is 3. The first-order valence-corrected chi connectivity index (χ1v) is 14.5. The fourth-order valence-corrected chi connectivity index (χ4v) is 6.98. The van der Waals surface area contributed by atoms with Crippen LogP contribution in [0.25, 0.3) is 22.2 Å². The zero-order chi connectivity index (χ0) is 27.1. The molecule has 8 heteroatoms. The van der Waals surface area contributed by atoms with Gasteiger partial charge in [0.2, 0.25) is 0 Å². The van der Waals surface area contributed by atoms with Crippen molar-refractivity contribution in [1.82, 2.24) is 20.5 Å². The largest absolute Gasteiger partial charge is 0.393 e. The lowest BCUT2D eigenvalue weighted by Gasteiger charge is -2.48. The number of fused-ring (bicyclic) bond motifs is 3. The molecule has 0 unspecified atom stereocenters.